The zero-order chi connectivity index (χ0) is 15.1. The molecule has 1 atom stereocenters. The van der Waals surface area contributed by atoms with Crippen LogP contribution in [0.3, 0.4) is 0 Å². The van der Waals surface area contributed by atoms with Gasteiger partial charge in [0.15, 0.2) is 0 Å². The number of hydrogen-bond donors (Lipinski definition) is 2. The summed E-state index contributed by atoms with van der Waals surface area (Å²) in [5, 5.41) is 3.19. The van der Waals surface area contributed by atoms with Crippen LogP contribution in [-0.2, 0) is 11.2 Å². The molecule has 1 saturated heterocycles. The summed E-state index contributed by atoms with van der Waals surface area (Å²) in [5.41, 5.74) is 7.22. The Morgan fingerprint density at radius 1 is 1.33 bits per heavy atom. The second kappa shape index (κ2) is 8.15. The molecule has 4 nitrogen and oxygen atoms in total. The predicted molar refractivity (Wildman–Crippen MR) is 86.0 cm³/mol. The van der Waals surface area contributed by atoms with E-state index in [1.165, 1.54) is 6.42 Å². The van der Waals surface area contributed by atoms with Crippen molar-refractivity contribution >= 4 is 5.91 Å². The van der Waals surface area contributed by atoms with Gasteiger partial charge in [-0.15, -0.1) is 0 Å². The summed E-state index contributed by atoms with van der Waals surface area (Å²) in [6.45, 7) is 2.78. The number of carbonyl (C=O) groups excluding carboxylic acids is 1. The number of piperidine rings is 1. The third-order valence-corrected chi connectivity index (χ3v) is 4.34. The highest BCUT2D eigenvalue weighted by atomic mass is 16.2. The van der Waals surface area contributed by atoms with Crippen LogP contribution in [0.5, 0.6) is 0 Å². The Morgan fingerprint density at radius 3 is 2.62 bits per heavy atom. The van der Waals surface area contributed by atoms with Crippen molar-refractivity contribution in [3.05, 3.63) is 35.9 Å². The van der Waals surface area contributed by atoms with Crippen molar-refractivity contribution in [2.75, 3.05) is 26.7 Å². The Hall–Kier alpha value is -1.39. The number of likely N-dealkylation sites (tertiary alicyclic amines) is 1. The second-order valence-corrected chi connectivity index (χ2v) is 5.96. The fourth-order valence-electron chi connectivity index (χ4n) is 2.98. The lowest BCUT2D eigenvalue weighted by Gasteiger charge is -2.33. The largest absolute Gasteiger partial charge is 0.341 e. The minimum Gasteiger partial charge on any atom is -0.341 e. The van der Waals surface area contributed by atoms with Crippen LogP contribution in [0.2, 0.25) is 0 Å². The van der Waals surface area contributed by atoms with Crippen LogP contribution in [0.1, 0.15) is 24.8 Å². The van der Waals surface area contributed by atoms with Gasteiger partial charge in [-0.25, -0.2) is 0 Å². The minimum atomic E-state index is -0.416. The number of nitrogens with two attached hydrogens (primary N) is 1. The quantitative estimate of drug-likeness (QED) is 0.832. The van der Waals surface area contributed by atoms with Gasteiger partial charge < -0.3 is 16.0 Å². The standard InChI is InChI=1S/C17H27N3O/c1-19-10-7-14-8-11-20(12-9-14)17(21)16(18)13-15-5-3-2-4-6-15/h2-6,14,16,19H,7-13,18H2,1H3. The van der Waals surface area contributed by atoms with E-state index in [-0.39, 0.29) is 5.91 Å². The van der Waals surface area contributed by atoms with E-state index in [0.29, 0.717) is 6.42 Å². The number of nitrogens with one attached hydrogen (secondary N) is 1. The molecule has 0 aromatic heterocycles. The maximum Gasteiger partial charge on any atom is 0.239 e. The van der Waals surface area contributed by atoms with Crippen molar-refractivity contribution < 1.29 is 4.79 Å². The molecular formula is C17H27N3O. The first-order valence-corrected chi connectivity index (χ1v) is 7.93. The molecule has 2 rings (SSSR count). The van der Waals surface area contributed by atoms with Crippen LogP contribution in [0.4, 0.5) is 0 Å². The van der Waals surface area contributed by atoms with Gasteiger partial charge >= 0.3 is 0 Å². The first-order valence-electron chi connectivity index (χ1n) is 7.93. The molecule has 1 aliphatic rings. The second-order valence-electron chi connectivity index (χ2n) is 5.96. The van der Waals surface area contributed by atoms with E-state index < -0.39 is 6.04 Å². The molecule has 0 spiro atoms. The van der Waals surface area contributed by atoms with Crippen molar-refractivity contribution in [3.8, 4) is 0 Å². The predicted octanol–water partition coefficient (Wildman–Crippen LogP) is 1.40. The first kappa shape index (κ1) is 16.0. The monoisotopic (exact) mass is 289 g/mol. The maximum absolute atomic E-state index is 12.4. The van der Waals surface area contributed by atoms with Crippen LogP contribution >= 0.6 is 0 Å². The molecule has 0 bridgehead atoms. The molecule has 1 fully saturated rings. The Bertz CT molecular complexity index is 427. The lowest BCUT2D eigenvalue weighted by Crippen LogP contribution is -2.48. The average molecular weight is 289 g/mol. The highest BCUT2D eigenvalue weighted by molar-refractivity contribution is 5.82. The zero-order valence-corrected chi connectivity index (χ0v) is 12.9. The molecule has 3 N–H and O–H groups in total. The normalized spacial score (nSPS) is 17.7. The van der Waals surface area contributed by atoms with Gasteiger partial charge in [0.05, 0.1) is 6.04 Å². The van der Waals surface area contributed by atoms with E-state index in [2.05, 4.69) is 5.32 Å². The van der Waals surface area contributed by atoms with Gasteiger partial charge in [-0.3, -0.25) is 4.79 Å². The molecule has 1 aliphatic heterocycles. The summed E-state index contributed by atoms with van der Waals surface area (Å²) in [5.74, 6) is 0.845. The Labute approximate surface area is 127 Å². The Morgan fingerprint density at radius 2 is 2.00 bits per heavy atom. The van der Waals surface area contributed by atoms with Crippen LogP contribution < -0.4 is 11.1 Å². The molecule has 0 radical (unpaired) electrons. The van der Waals surface area contributed by atoms with E-state index in [4.69, 9.17) is 5.73 Å². The summed E-state index contributed by atoms with van der Waals surface area (Å²) >= 11 is 0. The van der Waals surface area contributed by atoms with Gasteiger partial charge in [-0.05, 0) is 50.8 Å². The van der Waals surface area contributed by atoms with Crippen molar-refractivity contribution in [3.63, 3.8) is 0 Å². The molecule has 0 aliphatic carbocycles. The van der Waals surface area contributed by atoms with Crippen LogP contribution in [-0.4, -0.2) is 43.5 Å². The molecule has 0 saturated carbocycles. The van der Waals surface area contributed by atoms with Crippen LogP contribution in [0.25, 0.3) is 0 Å². The van der Waals surface area contributed by atoms with E-state index in [1.54, 1.807) is 0 Å². The summed E-state index contributed by atoms with van der Waals surface area (Å²) in [7, 11) is 1.99. The van der Waals surface area contributed by atoms with E-state index in [9.17, 15) is 4.79 Å². The number of amides is 1. The number of benzene rings is 1. The number of hydrogen-bond acceptors (Lipinski definition) is 3. The van der Waals surface area contributed by atoms with E-state index >= 15 is 0 Å². The fourth-order valence-corrected chi connectivity index (χ4v) is 2.98. The molecule has 116 valence electrons. The van der Waals surface area contributed by atoms with Gasteiger partial charge in [-0.2, -0.15) is 0 Å². The van der Waals surface area contributed by atoms with Crippen molar-refractivity contribution in [1.29, 1.82) is 0 Å². The summed E-state index contributed by atoms with van der Waals surface area (Å²) in [6, 6.07) is 9.59. The molecular weight excluding hydrogens is 262 g/mol. The molecule has 21 heavy (non-hydrogen) atoms. The number of carbonyl (C=O) groups is 1. The average Bonchev–Trinajstić information content (AvgIpc) is 2.53. The fraction of sp³-hybridized carbons (Fsp3) is 0.588. The molecule has 1 unspecified atom stereocenters. The summed E-state index contributed by atoms with van der Waals surface area (Å²) in [4.78, 5) is 14.4. The van der Waals surface area contributed by atoms with Crippen molar-refractivity contribution in [1.82, 2.24) is 10.2 Å². The number of nitrogens with zero attached hydrogens (tertiary/aromatic N) is 1. The lowest BCUT2D eigenvalue weighted by molar-refractivity contribution is -0.134. The topological polar surface area (TPSA) is 58.4 Å². The molecule has 4 heteroatoms. The zero-order valence-electron chi connectivity index (χ0n) is 12.9. The van der Waals surface area contributed by atoms with E-state index in [1.807, 2.05) is 42.3 Å². The molecule has 1 amide bonds. The lowest BCUT2D eigenvalue weighted by atomic mass is 9.93. The highest BCUT2D eigenvalue weighted by Gasteiger charge is 2.26. The van der Waals surface area contributed by atoms with Crippen LogP contribution in [0, 0.1) is 5.92 Å². The number of rotatable bonds is 6. The van der Waals surface area contributed by atoms with Crippen LogP contribution in [0.15, 0.2) is 30.3 Å². The molecule has 1 heterocycles. The molecule has 1 aromatic rings. The smallest absolute Gasteiger partial charge is 0.239 e. The first-order chi connectivity index (χ1) is 10.2. The van der Waals surface area contributed by atoms with Crippen molar-refractivity contribution in [2.45, 2.75) is 31.7 Å². The third kappa shape index (κ3) is 4.83. The SMILES string of the molecule is CNCCC1CCN(C(=O)C(N)Cc2ccccc2)CC1. The van der Waals surface area contributed by atoms with Gasteiger partial charge in [0, 0.05) is 13.1 Å². The summed E-state index contributed by atoms with van der Waals surface area (Å²) < 4.78 is 0. The Balaban J connectivity index is 1.78. The van der Waals surface area contributed by atoms with Gasteiger partial charge in [-0.1, -0.05) is 30.3 Å². The molecule has 1 aromatic carbocycles. The Kier molecular flexibility index (Phi) is 6.21. The van der Waals surface area contributed by atoms with Gasteiger partial charge in [0.2, 0.25) is 5.91 Å². The van der Waals surface area contributed by atoms with E-state index in [0.717, 1.165) is 44.0 Å². The van der Waals surface area contributed by atoms with Crippen molar-refractivity contribution in [2.24, 2.45) is 11.7 Å². The van der Waals surface area contributed by atoms with Gasteiger partial charge in [0.1, 0.15) is 0 Å². The minimum absolute atomic E-state index is 0.103. The van der Waals surface area contributed by atoms with Gasteiger partial charge in [0.25, 0.3) is 0 Å². The summed E-state index contributed by atoms with van der Waals surface area (Å²) in [6.07, 6.45) is 4.03. The third-order valence-electron chi connectivity index (χ3n) is 4.34. The maximum atomic E-state index is 12.4. The highest BCUT2D eigenvalue weighted by Crippen LogP contribution is 2.20.